The first-order valence-electron chi connectivity index (χ1n) is 6.73. The van der Waals surface area contributed by atoms with Gasteiger partial charge in [-0.2, -0.15) is 0 Å². The van der Waals surface area contributed by atoms with E-state index < -0.39 is 6.17 Å². The zero-order valence-corrected chi connectivity index (χ0v) is 11.3. The van der Waals surface area contributed by atoms with Gasteiger partial charge in [0.25, 0.3) is 0 Å². The maximum Gasteiger partial charge on any atom is 0.461 e. The molecule has 1 spiro atoms. The summed E-state index contributed by atoms with van der Waals surface area (Å²) in [6.07, 6.45) is 3.16. The third-order valence-corrected chi connectivity index (χ3v) is 5.36. The van der Waals surface area contributed by atoms with Crippen molar-refractivity contribution in [3.63, 3.8) is 0 Å². The van der Waals surface area contributed by atoms with E-state index in [1.807, 2.05) is 0 Å². The van der Waals surface area contributed by atoms with Crippen molar-refractivity contribution < 1.29 is 13.7 Å². The minimum absolute atomic E-state index is 0.0794. The molecule has 1 heterocycles. The van der Waals surface area contributed by atoms with Crippen molar-refractivity contribution in [3.8, 4) is 0 Å². The van der Waals surface area contributed by atoms with Gasteiger partial charge >= 0.3 is 7.12 Å². The molecule has 0 aromatic carbocycles. The lowest BCUT2D eigenvalue weighted by Crippen LogP contribution is -2.50. The molecule has 3 fully saturated rings. The Kier molecular flexibility index (Phi) is 2.30. The van der Waals surface area contributed by atoms with Crippen LogP contribution in [0.1, 0.15) is 53.4 Å². The summed E-state index contributed by atoms with van der Waals surface area (Å²) in [6, 6.07) is 0. The molecule has 2 nitrogen and oxygen atoms in total. The Morgan fingerprint density at radius 2 is 1.41 bits per heavy atom. The Morgan fingerprint density at radius 1 is 0.941 bits per heavy atom. The number of halogens is 1. The molecular formula is C13H22BFO2. The molecule has 1 aliphatic heterocycles. The zero-order valence-electron chi connectivity index (χ0n) is 11.3. The second-order valence-electron chi connectivity index (χ2n) is 7.30. The van der Waals surface area contributed by atoms with Gasteiger partial charge in [0, 0.05) is 0 Å². The highest BCUT2D eigenvalue weighted by molar-refractivity contribution is 6.47. The van der Waals surface area contributed by atoms with Crippen molar-refractivity contribution >= 4 is 7.12 Å². The molecule has 2 aliphatic carbocycles. The van der Waals surface area contributed by atoms with Crippen LogP contribution in [0, 0.1) is 5.41 Å². The van der Waals surface area contributed by atoms with Gasteiger partial charge in [0.05, 0.1) is 11.2 Å². The monoisotopic (exact) mass is 240 g/mol. The van der Waals surface area contributed by atoms with E-state index in [2.05, 4.69) is 27.7 Å². The number of hydrogen-bond donors (Lipinski definition) is 0. The molecule has 0 N–H and O–H groups in total. The molecule has 0 aromatic heterocycles. The Bertz CT molecular complexity index is 312. The molecule has 0 bridgehead atoms. The van der Waals surface area contributed by atoms with E-state index in [-0.39, 0.29) is 18.3 Å². The van der Waals surface area contributed by atoms with Crippen LogP contribution in [-0.4, -0.2) is 24.5 Å². The van der Waals surface area contributed by atoms with Gasteiger partial charge in [-0.05, 0) is 64.6 Å². The van der Waals surface area contributed by atoms with Crippen LogP contribution in [0.15, 0.2) is 0 Å². The van der Waals surface area contributed by atoms with Crippen LogP contribution in [0.2, 0.25) is 5.82 Å². The minimum atomic E-state index is -0.547. The molecule has 0 aromatic rings. The summed E-state index contributed by atoms with van der Waals surface area (Å²) in [6.45, 7) is 8.34. The Morgan fingerprint density at radius 3 is 1.82 bits per heavy atom. The number of hydrogen-bond acceptors (Lipinski definition) is 2. The fourth-order valence-corrected chi connectivity index (χ4v) is 3.54. The van der Waals surface area contributed by atoms with Gasteiger partial charge in [-0.15, -0.1) is 0 Å². The summed E-state index contributed by atoms with van der Waals surface area (Å²) >= 11 is 0. The second-order valence-corrected chi connectivity index (χ2v) is 7.30. The van der Waals surface area contributed by atoms with Gasteiger partial charge in [0.1, 0.15) is 6.17 Å². The van der Waals surface area contributed by atoms with Crippen molar-refractivity contribution in [1.29, 1.82) is 0 Å². The third kappa shape index (κ3) is 1.67. The maximum atomic E-state index is 12.9. The van der Waals surface area contributed by atoms with Crippen LogP contribution in [0.4, 0.5) is 4.39 Å². The first-order chi connectivity index (χ1) is 7.73. The third-order valence-electron chi connectivity index (χ3n) is 5.36. The quantitative estimate of drug-likeness (QED) is 0.654. The Hall–Kier alpha value is -0.0851. The van der Waals surface area contributed by atoms with Crippen molar-refractivity contribution in [2.75, 3.05) is 0 Å². The number of alkyl halides is 1. The van der Waals surface area contributed by atoms with Crippen molar-refractivity contribution in [1.82, 2.24) is 0 Å². The molecule has 0 atom stereocenters. The standard InChI is InChI=1S/C13H22BFO2/c1-11(2)12(3,4)17-14(16-11)9-5-13(6-9)7-10(15)8-13/h9-10H,5-8H2,1-4H3. The topological polar surface area (TPSA) is 18.5 Å². The molecule has 0 unspecified atom stereocenters. The van der Waals surface area contributed by atoms with E-state index in [0.717, 1.165) is 25.7 Å². The van der Waals surface area contributed by atoms with E-state index >= 15 is 0 Å². The van der Waals surface area contributed by atoms with Crippen molar-refractivity contribution in [2.24, 2.45) is 5.41 Å². The number of rotatable bonds is 1. The predicted molar refractivity (Wildman–Crippen MR) is 65.6 cm³/mol. The Labute approximate surface area is 103 Å². The van der Waals surface area contributed by atoms with Crippen molar-refractivity contribution in [2.45, 2.75) is 76.6 Å². The van der Waals surface area contributed by atoms with E-state index in [0.29, 0.717) is 11.2 Å². The van der Waals surface area contributed by atoms with Crippen LogP contribution in [-0.2, 0) is 9.31 Å². The predicted octanol–water partition coefficient (Wildman–Crippen LogP) is 3.36. The smallest absolute Gasteiger partial charge is 0.403 e. The van der Waals surface area contributed by atoms with E-state index in [1.54, 1.807) is 0 Å². The summed E-state index contributed by atoms with van der Waals surface area (Å²) in [5.74, 6) is 0.476. The van der Waals surface area contributed by atoms with Crippen LogP contribution >= 0.6 is 0 Å². The molecule has 17 heavy (non-hydrogen) atoms. The van der Waals surface area contributed by atoms with E-state index in [1.165, 1.54) is 0 Å². The summed E-state index contributed by atoms with van der Waals surface area (Å²) in [7, 11) is -0.0794. The van der Waals surface area contributed by atoms with Gasteiger partial charge in [-0.25, -0.2) is 4.39 Å². The average Bonchev–Trinajstić information content (AvgIpc) is 2.26. The first-order valence-corrected chi connectivity index (χ1v) is 6.73. The second kappa shape index (κ2) is 3.27. The molecule has 2 saturated carbocycles. The molecule has 0 amide bonds. The fourth-order valence-electron chi connectivity index (χ4n) is 3.54. The van der Waals surface area contributed by atoms with Gasteiger partial charge in [0.2, 0.25) is 0 Å². The molecule has 3 aliphatic rings. The lowest BCUT2D eigenvalue weighted by atomic mass is 9.43. The average molecular weight is 240 g/mol. The van der Waals surface area contributed by atoms with Gasteiger partial charge in [0.15, 0.2) is 0 Å². The lowest BCUT2D eigenvalue weighted by Gasteiger charge is -2.55. The Balaban J connectivity index is 1.59. The van der Waals surface area contributed by atoms with Gasteiger partial charge in [-0.1, -0.05) is 0 Å². The van der Waals surface area contributed by atoms with Crippen LogP contribution in [0.25, 0.3) is 0 Å². The van der Waals surface area contributed by atoms with Crippen LogP contribution in [0.5, 0.6) is 0 Å². The molecule has 1 saturated heterocycles. The van der Waals surface area contributed by atoms with Crippen molar-refractivity contribution in [3.05, 3.63) is 0 Å². The van der Waals surface area contributed by atoms with Gasteiger partial charge in [-0.3, -0.25) is 0 Å². The largest absolute Gasteiger partial charge is 0.461 e. The maximum absolute atomic E-state index is 12.9. The van der Waals surface area contributed by atoms with E-state index in [4.69, 9.17) is 9.31 Å². The molecule has 96 valence electrons. The van der Waals surface area contributed by atoms with Crippen LogP contribution < -0.4 is 0 Å². The summed E-state index contributed by atoms with van der Waals surface area (Å²) < 4.78 is 25.0. The van der Waals surface area contributed by atoms with Crippen LogP contribution in [0.3, 0.4) is 0 Å². The molecular weight excluding hydrogens is 218 g/mol. The highest BCUT2D eigenvalue weighted by Crippen LogP contribution is 2.64. The highest BCUT2D eigenvalue weighted by Gasteiger charge is 2.61. The summed E-state index contributed by atoms with van der Waals surface area (Å²) in [4.78, 5) is 0. The lowest BCUT2D eigenvalue weighted by molar-refractivity contribution is -0.0471. The first kappa shape index (κ1) is 12.0. The minimum Gasteiger partial charge on any atom is -0.403 e. The van der Waals surface area contributed by atoms with E-state index in [9.17, 15) is 4.39 Å². The summed E-state index contributed by atoms with van der Waals surface area (Å²) in [5.41, 5.74) is -0.154. The summed E-state index contributed by atoms with van der Waals surface area (Å²) in [5, 5.41) is 0. The molecule has 0 radical (unpaired) electrons. The molecule has 4 heteroatoms. The molecule has 3 rings (SSSR count). The highest BCUT2D eigenvalue weighted by atomic mass is 19.1. The fraction of sp³-hybridized carbons (Fsp3) is 1.00. The zero-order chi connectivity index (χ0) is 12.5. The normalized spacial score (nSPS) is 46.8. The van der Waals surface area contributed by atoms with Gasteiger partial charge < -0.3 is 9.31 Å². The SMILES string of the molecule is CC1(C)OB(C2CC3(CC(F)C3)C2)OC1(C)C.